The lowest BCUT2D eigenvalue weighted by atomic mass is 10.2. The fourth-order valence-corrected chi connectivity index (χ4v) is 2.65. The van der Waals surface area contributed by atoms with Crippen LogP contribution < -0.4 is 0 Å². The molecule has 0 saturated carbocycles. The van der Waals surface area contributed by atoms with Gasteiger partial charge in [-0.15, -0.1) is 11.3 Å². The molecule has 0 N–H and O–H groups in total. The Morgan fingerprint density at radius 2 is 2.00 bits per heavy atom. The molecular weight excluding hydrogens is 254 g/mol. The average molecular weight is 265 g/mol. The molecule has 92 valence electrons. The van der Waals surface area contributed by atoms with Gasteiger partial charge >= 0.3 is 0 Å². The van der Waals surface area contributed by atoms with Crippen LogP contribution in [0.5, 0.6) is 0 Å². The molecule has 0 aliphatic heterocycles. The molecule has 0 aliphatic rings. The second-order valence-corrected chi connectivity index (χ2v) is 5.20. The molecule has 2 aromatic heterocycles. The van der Waals surface area contributed by atoms with E-state index in [1.807, 2.05) is 59.5 Å². The third-order valence-electron chi connectivity index (χ3n) is 2.88. The number of benzene rings is 1. The number of rotatable bonds is 2. The van der Waals surface area contributed by atoms with Gasteiger partial charge in [0, 0.05) is 6.07 Å². The summed E-state index contributed by atoms with van der Waals surface area (Å²) in [6.45, 7) is 2.05. The summed E-state index contributed by atoms with van der Waals surface area (Å²) in [5, 5.41) is 15.4. The van der Waals surface area contributed by atoms with Gasteiger partial charge in [0.2, 0.25) is 0 Å². The summed E-state index contributed by atoms with van der Waals surface area (Å²) >= 11 is 1.64. The van der Waals surface area contributed by atoms with Crippen LogP contribution in [0.15, 0.2) is 47.8 Å². The molecule has 3 nitrogen and oxygen atoms in total. The van der Waals surface area contributed by atoms with Crippen LogP contribution in [0.4, 0.5) is 0 Å². The van der Waals surface area contributed by atoms with Gasteiger partial charge in [-0.2, -0.15) is 10.4 Å². The Balaban J connectivity index is 2.18. The van der Waals surface area contributed by atoms with Gasteiger partial charge in [-0.3, -0.25) is 0 Å². The van der Waals surface area contributed by atoms with E-state index in [1.165, 1.54) is 5.56 Å². The van der Waals surface area contributed by atoms with Gasteiger partial charge < -0.3 is 0 Å². The summed E-state index contributed by atoms with van der Waals surface area (Å²) < 4.78 is 1.82. The number of hydrogen-bond donors (Lipinski definition) is 0. The number of thiophene rings is 1. The van der Waals surface area contributed by atoms with E-state index in [9.17, 15) is 0 Å². The van der Waals surface area contributed by atoms with Crippen LogP contribution in [0, 0.1) is 18.3 Å². The molecule has 0 radical (unpaired) electrons. The molecule has 0 spiro atoms. The summed E-state index contributed by atoms with van der Waals surface area (Å²) in [5.74, 6) is 0. The molecule has 0 aliphatic carbocycles. The van der Waals surface area contributed by atoms with Crippen LogP contribution >= 0.6 is 11.3 Å². The van der Waals surface area contributed by atoms with Crippen LogP contribution in [0.1, 0.15) is 11.3 Å². The summed E-state index contributed by atoms with van der Waals surface area (Å²) in [4.78, 5) is 1.11. The van der Waals surface area contributed by atoms with Crippen LogP contribution in [0.3, 0.4) is 0 Å². The minimum atomic E-state index is 0.434. The molecule has 19 heavy (non-hydrogen) atoms. The molecule has 3 rings (SSSR count). The lowest BCUT2D eigenvalue weighted by molar-refractivity contribution is 0.881. The molecular formula is C15H11N3S. The topological polar surface area (TPSA) is 41.6 Å². The second-order valence-electron chi connectivity index (χ2n) is 4.25. The van der Waals surface area contributed by atoms with Crippen molar-refractivity contribution < 1.29 is 0 Å². The molecule has 0 saturated heterocycles. The molecule has 3 aromatic rings. The SMILES string of the molecule is Cc1ccc(-n2nc(C#N)cc2-c2cccs2)cc1. The Labute approximate surface area is 115 Å². The molecule has 0 unspecified atom stereocenters. The smallest absolute Gasteiger partial charge is 0.163 e. The number of nitriles is 1. The highest BCUT2D eigenvalue weighted by atomic mass is 32.1. The maximum atomic E-state index is 9.04. The third kappa shape index (κ3) is 2.16. The lowest BCUT2D eigenvalue weighted by Crippen LogP contribution is -1.98. The van der Waals surface area contributed by atoms with E-state index >= 15 is 0 Å². The molecule has 0 atom stereocenters. The minimum Gasteiger partial charge on any atom is -0.231 e. The Kier molecular flexibility index (Phi) is 2.90. The normalized spacial score (nSPS) is 10.3. The first-order valence-corrected chi connectivity index (χ1v) is 6.77. The van der Waals surface area contributed by atoms with Crippen molar-refractivity contribution in [2.45, 2.75) is 6.92 Å². The summed E-state index contributed by atoms with van der Waals surface area (Å²) in [5.41, 5.74) is 3.56. The van der Waals surface area contributed by atoms with E-state index < -0.39 is 0 Å². The maximum Gasteiger partial charge on any atom is 0.163 e. The predicted octanol–water partition coefficient (Wildman–Crippen LogP) is 3.78. The number of nitrogens with zero attached hydrogens (tertiary/aromatic N) is 3. The molecule has 4 heteroatoms. The van der Waals surface area contributed by atoms with Gasteiger partial charge in [0.15, 0.2) is 5.69 Å². The van der Waals surface area contributed by atoms with E-state index in [4.69, 9.17) is 5.26 Å². The van der Waals surface area contributed by atoms with E-state index in [-0.39, 0.29) is 0 Å². The van der Waals surface area contributed by atoms with Gasteiger partial charge in [0.1, 0.15) is 6.07 Å². The highest BCUT2D eigenvalue weighted by molar-refractivity contribution is 7.13. The number of aromatic nitrogens is 2. The molecule has 0 bridgehead atoms. The standard InChI is InChI=1S/C15H11N3S/c1-11-4-6-13(7-5-11)18-14(9-12(10-16)17-18)15-3-2-8-19-15/h2-9H,1H3. The summed E-state index contributed by atoms with van der Waals surface area (Å²) in [7, 11) is 0. The predicted molar refractivity (Wildman–Crippen MR) is 76.3 cm³/mol. The zero-order valence-corrected chi connectivity index (χ0v) is 11.2. The fourth-order valence-electron chi connectivity index (χ4n) is 1.92. The molecule has 1 aromatic carbocycles. The van der Waals surface area contributed by atoms with E-state index in [2.05, 4.69) is 11.2 Å². The van der Waals surface area contributed by atoms with Crippen molar-refractivity contribution in [1.29, 1.82) is 5.26 Å². The van der Waals surface area contributed by atoms with Gasteiger partial charge in [0.25, 0.3) is 0 Å². The molecule has 2 heterocycles. The first kappa shape index (κ1) is 11.7. The molecule has 0 fully saturated rings. The Hall–Kier alpha value is -2.38. The van der Waals surface area contributed by atoms with Crippen molar-refractivity contribution in [3.63, 3.8) is 0 Å². The first-order chi connectivity index (χ1) is 9.28. The minimum absolute atomic E-state index is 0.434. The monoisotopic (exact) mass is 265 g/mol. The Morgan fingerprint density at radius 3 is 2.63 bits per heavy atom. The van der Waals surface area contributed by atoms with Crippen LogP contribution in [0.2, 0.25) is 0 Å². The van der Waals surface area contributed by atoms with E-state index in [0.717, 1.165) is 16.3 Å². The maximum absolute atomic E-state index is 9.04. The van der Waals surface area contributed by atoms with Crippen LogP contribution in [-0.2, 0) is 0 Å². The van der Waals surface area contributed by atoms with Crippen molar-refractivity contribution in [2.75, 3.05) is 0 Å². The zero-order chi connectivity index (χ0) is 13.2. The summed E-state index contributed by atoms with van der Waals surface area (Å²) in [6, 6.07) is 16.1. The van der Waals surface area contributed by atoms with Gasteiger partial charge in [-0.05, 0) is 30.5 Å². The molecule has 0 amide bonds. The Morgan fingerprint density at radius 1 is 1.21 bits per heavy atom. The summed E-state index contributed by atoms with van der Waals surface area (Å²) in [6.07, 6.45) is 0. The van der Waals surface area contributed by atoms with Crippen molar-refractivity contribution in [2.24, 2.45) is 0 Å². The van der Waals surface area contributed by atoms with E-state index in [0.29, 0.717) is 5.69 Å². The largest absolute Gasteiger partial charge is 0.231 e. The first-order valence-electron chi connectivity index (χ1n) is 5.89. The lowest BCUT2D eigenvalue weighted by Gasteiger charge is -2.06. The van der Waals surface area contributed by atoms with Crippen molar-refractivity contribution in [1.82, 2.24) is 9.78 Å². The van der Waals surface area contributed by atoms with Crippen molar-refractivity contribution in [3.05, 3.63) is 59.1 Å². The third-order valence-corrected chi connectivity index (χ3v) is 3.77. The van der Waals surface area contributed by atoms with Crippen LogP contribution in [0.25, 0.3) is 16.3 Å². The highest BCUT2D eigenvalue weighted by Crippen LogP contribution is 2.27. The van der Waals surface area contributed by atoms with Gasteiger partial charge in [0.05, 0.1) is 16.3 Å². The second kappa shape index (κ2) is 4.71. The fraction of sp³-hybridized carbons (Fsp3) is 0.0667. The number of hydrogen-bond acceptors (Lipinski definition) is 3. The highest BCUT2D eigenvalue weighted by Gasteiger charge is 2.12. The van der Waals surface area contributed by atoms with Crippen molar-refractivity contribution in [3.8, 4) is 22.3 Å². The van der Waals surface area contributed by atoms with Gasteiger partial charge in [-0.25, -0.2) is 4.68 Å². The average Bonchev–Trinajstić information content (AvgIpc) is 3.08. The van der Waals surface area contributed by atoms with Gasteiger partial charge in [-0.1, -0.05) is 23.8 Å². The zero-order valence-electron chi connectivity index (χ0n) is 10.4. The quantitative estimate of drug-likeness (QED) is 0.707. The number of aryl methyl sites for hydroxylation is 1. The van der Waals surface area contributed by atoms with Crippen LogP contribution in [-0.4, -0.2) is 9.78 Å². The Bertz CT molecular complexity index is 731. The van der Waals surface area contributed by atoms with E-state index in [1.54, 1.807) is 11.3 Å². The van der Waals surface area contributed by atoms with Crippen molar-refractivity contribution >= 4 is 11.3 Å².